The highest BCUT2D eigenvalue weighted by Gasteiger charge is 2.41. The highest BCUT2D eigenvalue weighted by Crippen LogP contribution is 2.39. The molecule has 0 aliphatic rings. The van der Waals surface area contributed by atoms with Crippen LogP contribution in [0.5, 0.6) is 0 Å². The zero-order valence-corrected chi connectivity index (χ0v) is 42.3. The summed E-state index contributed by atoms with van der Waals surface area (Å²) in [5.41, 5.74) is 16.7. The summed E-state index contributed by atoms with van der Waals surface area (Å²) < 4.78 is 4.85. The van der Waals surface area contributed by atoms with Crippen molar-refractivity contribution in [2.75, 3.05) is 0 Å². The number of hydrogen-bond donors (Lipinski definition) is 0. The van der Waals surface area contributed by atoms with Crippen molar-refractivity contribution in [2.24, 2.45) is 0 Å². The maximum Gasteiger partial charge on any atom is 0.179 e. The van der Waals surface area contributed by atoms with Crippen LogP contribution in [0, 0.1) is 0 Å². The van der Waals surface area contributed by atoms with Gasteiger partial charge >= 0.3 is 0 Å². The van der Waals surface area contributed by atoms with Crippen molar-refractivity contribution >= 4 is 72.4 Å². The van der Waals surface area contributed by atoms with Gasteiger partial charge in [0.05, 0.1) is 22.1 Å². The highest BCUT2D eigenvalue weighted by molar-refractivity contribution is 7.19. The van der Waals surface area contributed by atoms with E-state index in [-0.39, 0.29) is 0 Å². The van der Waals surface area contributed by atoms with Crippen LogP contribution in [-0.4, -0.2) is 17.2 Å². The Bertz CT molecular complexity index is 4290. The first-order valence-corrected chi connectivity index (χ1v) is 27.9. The number of hydrogen-bond acceptors (Lipinski definition) is 0. The molecule has 2 aromatic heterocycles. The topological polar surface area (TPSA) is 9.86 Å². The van der Waals surface area contributed by atoms with E-state index < -0.39 is 8.07 Å². The van der Waals surface area contributed by atoms with E-state index in [4.69, 9.17) is 0 Å². The van der Waals surface area contributed by atoms with E-state index in [1.807, 2.05) is 0 Å². The molecule has 3 heteroatoms. The van der Waals surface area contributed by atoms with Crippen LogP contribution in [0.25, 0.3) is 99.5 Å². The molecule has 0 N–H and O–H groups in total. The van der Waals surface area contributed by atoms with E-state index in [1.165, 1.54) is 109 Å². The third-order valence-electron chi connectivity index (χ3n) is 15.5. The molecule has 2 nitrogen and oxygen atoms in total. The van der Waals surface area contributed by atoms with Crippen LogP contribution < -0.4 is 20.7 Å². The summed E-state index contributed by atoms with van der Waals surface area (Å²) in [5, 5.41) is 10.4. The Hall–Kier alpha value is -9.54. The lowest BCUT2D eigenvalue weighted by Gasteiger charge is -2.34. The quantitative estimate of drug-likeness (QED) is 0.0955. The standard InChI is InChI=1S/C72H50N2Si/c1-5-20-51(21-6-1)54-22-17-25-59(46-54)73-69-36-15-13-34-65(69)67-49-57(42-44-71(67)73)52-38-40-53(41-39-52)58-43-45-72-68(50-58)66-35-14-16-37-70(66)74(72)60-26-18-23-55(47-60)56-24-19-33-64(48-56)75(61-27-7-2-8-28-61,62-29-9-3-10-30-62)63-31-11-4-12-32-63/h1-50H. The Labute approximate surface area is 438 Å². The summed E-state index contributed by atoms with van der Waals surface area (Å²) in [7, 11) is -2.70. The van der Waals surface area contributed by atoms with Crippen LogP contribution in [-0.2, 0) is 0 Å². The van der Waals surface area contributed by atoms with Gasteiger partial charge in [-0.25, -0.2) is 0 Å². The maximum absolute atomic E-state index is 2.70. The number of para-hydroxylation sites is 2. The van der Waals surface area contributed by atoms with Gasteiger partial charge in [-0.3, -0.25) is 0 Å². The smallest absolute Gasteiger partial charge is 0.179 e. The molecule has 75 heavy (non-hydrogen) atoms. The zero-order valence-electron chi connectivity index (χ0n) is 41.3. The van der Waals surface area contributed by atoms with Crippen molar-refractivity contribution in [1.29, 1.82) is 0 Å². The molecular weight excluding hydrogens is 921 g/mol. The fourth-order valence-corrected chi connectivity index (χ4v) is 16.8. The van der Waals surface area contributed by atoms with E-state index in [0.29, 0.717) is 0 Å². The van der Waals surface area contributed by atoms with Crippen molar-refractivity contribution in [3.05, 3.63) is 303 Å². The monoisotopic (exact) mass is 970 g/mol. The van der Waals surface area contributed by atoms with E-state index in [2.05, 4.69) is 312 Å². The van der Waals surface area contributed by atoms with Crippen molar-refractivity contribution in [2.45, 2.75) is 0 Å². The molecule has 0 aliphatic heterocycles. The lowest BCUT2D eigenvalue weighted by molar-refractivity contribution is 1.18. The molecule has 14 rings (SSSR count). The van der Waals surface area contributed by atoms with Crippen molar-refractivity contribution in [3.8, 4) is 55.9 Å². The average Bonchev–Trinajstić information content (AvgIpc) is 4.01. The molecule has 0 aliphatic carbocycles. The second-order valence-electron chi connectivity index (χ2n) is 19.6. The molecule has 0 atom stereocenters. The van der Waals surface area contributed by atoms with Gasteiger partial charge in [0.25, 0.3) is 0 Å². The van der Waals surface area contributed by atoms with E-state index in [9.17, 15) is 0 Å². The first-order chi connectivity index (χ1) is 37.2. The number of rotatable bonds is 10. The second kappa shape index (κ2) is 18.5. The number of fused-ring (bicyclic) bond motifs is 6. The molecular formula is C72H50N2Si. The molecule has 0 radical (unpaired) electrons. The Balaban J connectivity index is 0.811. The third-order valence-corrected chi connectivity index (χ3v) is 20.2. The largest absolute Gasteiger partial charge is 0.309 e. The molecule has 0 unspecified atom stereocenters. The lowest BCUT2D eigenvalue weighted by atomic mass is 9.98. The fraction of sp³-hybridized carbons (Fsp3) is 0. The Morgan fingerprint density at radius 3 is 0.960 bits per heavy atom. The molecule has 0 spiro atoms. The molecule has 12 aromatic carbocycles. The summed E-state index contributed by atoms with van der Waals surface area (Å²) >= 11 is 0. The van der Waals surface area contributed by atoms with Crippen LogP contribution >= 0.6 is 0 Å². The van der Waals surface area contributed by atoms with Gasteiger partial charge in [-0.2, -0.15) is 0 Å². The van der Waals surface area contributed by atoms with Gasteiger partial charge in [-0.15, -0.1) is 0 Å². The predicted molar refractivity (Wildman–Crippen MR) is 320 cm³/mol. The Morgan fingerprint density at radius 1 is 0.187 bits per heavy atom. The van der Waals surface area contributed by atoms with Gasteiger partial charge in [0.2, 0.25) is 0 Å². The molecule has 2 heterocycles. The molecule has 0 saturated carbocycles. The summed E-state index contributed by atoms with van der Waals surface area (Å²) in [5.74, 6) is 0. The fourth-order valence-electron chi connectivity index (χ4n) is 12.0. The summed E-state index contributed by atoms with van der Waals surface area (Å²) in [6.07, 6.45) is 0. The van der Waals surface area contributed by atoms with Crippen LogP contribution in [0.4, 0.5) is 0 Å². The van der Waals surface area contributed by atoms with Crippen molar-refractivity contribution < 1.29 is 0 Å². The molecule has 0 saturated heterocycles. The first kappa shape index (κ1) is 44.2. The van der Waals surface area contributed by atoms with Gasteiger partial charge in [-0.1, -0.05) is 243 Å². The third kappa shape index (κ3) is 7.55. The molecule has 0 bridgehead atoms. The molecule has 0 amide bonds. The molecule has 14 aromatic rings. The van der Waals surface area contributed by atoms with Crippen molar-refractivity contribution in [3.63, 3.8) is 0 Å². The summed E-state index contributed by atoms with van der Waals surface area (Å²) in [6.45, 7) is 0. The maximum atomic E-state index is 2.46. The minimum atomic E-state index is -2.70. The number of aromatic nitrogens is 2. The van der Waals surface area contributed by atoms with Gasteiger partial charge in [0, 0.05) is 32.9 Å². The highest BCUT2D eigenvalue weighted by atomic mass is 28.3. The van der Waals surface area contributed by atoms with Crippen LogP contribution in [0.3, 0.4) is 0 Å². The number of benzene rings is 12. The van der Waals surface area contributed by atoms with Crippen LogP contribution in [0.1, 0.15) is 0 Å². The normalized spacial score (nSPS) is 11.7. The van der Waals surface area contributed by atoms with Gasteiger partial charge in [0.1, 0.15) is 0 Å². The zero-order chi connectivity index (χ0) is 49.7. The minimum absolute atomic E-state index is 1.14. The van der Waals surface area contributed by atoms with Crippen LogP contribution in [0.2, 0.25) is 0 Å². The van der Waals surface area contributed by atoms with Crippen LogP contribution in [0.15, 0.2) is 303 Å². The SMILES string of the molecule is c1ccc(-c2cccc(-n3c4ccccc4c4cc(-c5ccc(-c6ccc7c(c6)c6ccccc6n7-c6cccc(-c7cccc([Si](c8ccccc8)(c8ccccc8)c8ccccc8)c7)c6)cc5)ccc43)c2)cc1. The second-order valence-corrected chi connectivity index (χ2v) is 23.5. The minimum Gasteiger partial charge on any atom is -0.309 e. The van der Waals surface area contributed by atoms with E-state index >= 15 is 0 Å². The van der Waals surface area contributed by atoms with Gasteiger partial charge < -0.3 is 9.13 Å². The molecule has 0 fully saturated rings. The summed E-state index contributed by atoms with van der Waals surface area (Å²) in [4.78, 5) is 0. The lowest BCUT2D eigenvalue weighted by Crippen LogP contribution is -2.74. The molecule has 352 valence electrons. The van der Waals surface area contributed by atoms with Crippen molar-refractivity contribution in [1.82, 2.24) is 9.13 Å². The van der Waals surface area contributed by atoms with E-state index in [0.717, 1.165) is 11.4 Å². The van der Waals surface area contributed by atoms with Gasteiger partial charge in [0.15, 0.2) is 8.07 Å². The number of nitrogens with zero attached hydrogens (tertiary/aromatic N) is 2. The first-order valence-electron chi connectivity index (χ1n) is 25.9. The van der Waals surface area contributed by atoms with E-state index in [1.54, 1.807) is 0 Å². The predicted octanol–water partition coefficient (Wildman–Crippen LogP) is 15.9. The Kier molecular flexibility index (Phi) is 10.9. The summed E-state index contributed by atoms with van der Waals surface area (Å²) in [6, 6.07) is 112. The Morgan fingerprint density at radius 2 is 0.493 bits per heavy atom. The average molecular weight is 971 g/mol. The van der Waals surface area contributed by atoms with Gasteiger partial charge in [-0.05, 0) is 126 Å².